The minimum atomic E-state index is -0.857. The van der Waals surface area contributed by atoms with E-state index in [2.05, 4.69) is 0 Å². The van der Waals surface area contributed by atoms with Crippen LogP contribution in [0.15, 0.2) is 30.3 Å². The second kappa shape index (κ2) is 5.70. The van der Waals surface area contributed by atoms with Crippen molar-refractivity contribution in [1.29, 1.82) is 0 Å². The van der Waals surface area contributed by atoms with E-state index in [1.807, 2.05) is 6.92 Å². The van der Waals surface area contributed by atoms with Gasteiger partial charge in [0.2, 0.25) is 0 Å². The summed E-state index contributed by atoms with van der Waals surface area (Å²) >= 11 is 0. The molecule has 0 saturated carbocycles. The summed E-state index contributed by atoms with van der Waals surface area (Å²) in [4.78, 5) is 21.1. The van der Waals surface area contributed by atoms with Gasteiger partial charge < -0.3 is 4.74 Å². The van der Waals surface area contributed by atoms with Gasteiger partial charge in [0.25, 0.3) is 5.69 Å². The van der Waals surface area contributed by atoms with Crippen LogP contribution in [0.1, 0.15) is 21.5 Å². The molecule has 0 fully saturated rings. The normalized spacial score (nSPS) is 10.2. The van der Waals surface area contributed by atoms with Gasteiger partial charge in [0.1, 0.15) is 5.75 Å². The first-order chi connectivity index (χ1) is 9.92. The molecule has 0 N–H and O–H groups in total. The summed E-state index contributed by atoms with van der Waals surface area (Å²) in [6.45, 7) is 3.30. The van der Waals surface area contributed by atoms with Gasteiger partial charge in [-0.2, -0.15) is 0 Å². The molecule has 2 rings (SSSR count). The van der Waals surface area contributed by atoms with Crippen LogP contribution >= 0.6 is 0 Å². The molecule has 0 radical (unpaired) electrons. The van der Waals surface area contributed by atoms with Crippen molar-refractivity contribution < 1.29 is 18.8 Å². The molecule has 0 amide bonds. The van der Waals surface area contributed by atoms with Crippen LogP contribution in [0.4, 0.5) is 10.1 Å². The van der Waals surface area contributed by atoms with Crippen LogP contribution in [-0.4, -0.2) is 11.2 Å². The Morgan fingerprint density at radius 3 is 2.52 bits per heavy atom. The molecule has 21 heavy (non-hydrogen) atoms. The van der Waals surface area contributed by atoms with E-state index < -0.39 is 10.7 Å². The number of nitro groups is 1. The van der Waals surface area contributed by atoms with Crippen LogP contribution in [0.25, 0.3) is 0 Å². The molecule has 0 heterocycles. The van der Waals surface area contributed by atoms with Gasteiger partial charge in [0, 0.05) is 5.56 Å². The fourth-order valence-corrected chi connectivity index (χ4v) is 1.89. The molecule has 0 bridgehead atoms. The van der Waals surface area contributed by atoms with Crippen molar-refractivity contribution in [1.82, 2.24) is 0 Å². The quantitative estimate of drug-likeness (QED) is 0.485. The summed E-state index contributed by atoms with van der Waals surface area (Å²) in [5.41, 5.74) is 1.10. The lowest BCUT2D eigenvalue weighted by Crippen LogP contribution is -1.97. The van der Waals surface area contributed by atoms with Gasteiger partial charge in [0.05, 0.1) is 16.6 Å². The maximum Gasteiger partial charge on any atom is 0.275 e. The van der Waals surface area contributed by atoms with Crippen molar-refractivity contribution in [2.24, 2.45) is 0 Å². The third-order valence-electron chi connectivity index (χ3n) is 2.96. The number of aldehydes is 1. The highest BCUT2D eigenvalue weighted by molar-refractivity contribution is 5.79. The number of ether oxygens (including phenoxy) is 1. The number of rotatable bonds is 4. The molecule has 0 aliphatic carbocycles. The lowest BCUT2D eigenvalue weighted by Gasteiger charge is -2.10. The van der Waals surface area contributed by atoms with Crippen molar-refractivity contribution in [3.63, 3.8) is 0 Å². The zero-order chi connectivity index (χ0) is 15.6. The predicted molar refractivity (Wildman–Crippen MR) is 74.4 cm³/mol. The predicted octanol–water partition coefficient (Wildman–Crippen LogP) is 3.96. The molecular weight excluding hydrogens is 277 g/mol. The molecule has 0 aliphatic rings. The summed E-state index contributed by atoms with van der Waals surface area (Å²) in [6.07, 6.45) is 0.610. The van der Waals surface area contributed by atoms with E-state index in [4.69, 9.17) is 4.74 Å². The summed E-state index contributed by atoms with van der Waals surface area (Å²) in [6, 6.07) is 6.92. The largest absolute Gasteiger partial charge is 0.454 e. The van der Waals surface area contributed by atoms with Crippen molar-refractivity contribution in [2.75, 3.05) is 0 Å². The van der Waals surface area contributed by atoms with E-state index in [1.54, 1.807) is 18.2 Å². The SMILES string of the molecule is Cc1ccc(Oc2cc(C)c([N+](=O)[O-])cc2F)c(C=O)c1. The monoisotopic (exact) mass is 289 g/mol. The highest BCUT2D eigenvalue weighted by Crippen LogP contribution is 2.31. The van der Waals surface area contributed by atoms with Gasteiger partial charge in [-0.25, -0.2) is 4.39 Å². The van der Waals surface area contributed by atoms with Crippen LogP contribution < -0.4 is 4.74 Å². The zero-order valence-corrected chi connectivity index (χ0v) is 11.4. The van der Waals surface area contributed by atoms with E-state index in [9.17, 15) is 19.3 Å². The van der Waals surface area contributed by atoms with Gasteiger partial charge in [-0.3, -0.25) is 14.9 Å². The fourth-order valence-electron chi connectivity index (χ4n) is 1.89. The zero-order valence-electron chi connectivity index (χ0n) is 11.4. The van der Waals surface area contributed by atoms with Gasteiger partial charge in [-0.1, -0.05) is 11.6 Å². The summed E-state index contributed by atoms with van der Waals surface area (Å²) in [7, 11) is 0. The maximum absolute atomic E-state index is 13.9. The average Bonchev–Trinajstić information content (AvgIpc) is 2.43. The number of nitro benzene ring substituents is 1. The van der Waals surface area contributed by atoms with E-state index >= 15 is 0 Å². The third kappa shape index (κ3) is 3.05. The third-order valence-corrected chi connectivity index (χ3v) is 2.96. The Bertz CT molecular complexity index is 728. The van der Waals surface area contributed by atoms with Crippen molar-refractivity contribution in [2.45, 2.75) is 13.8 Å². The molecule has 108 valence electrons. The molecule has 6 heteroatoms. The van der Waals surface area contributed by atoms with Crippen LogP contribution in [-0.2, 0) is 0 Å². The smallest absolute Gasteiger partial charge is 0.275 e. The second-order valence-electron chi connectivity index (χ2n) is 4.59. The van der Waals surface area contributed by atoms with Crippen molar-refractivity contribution in [3.8, 4) is 11.5 Å². The Morgan fingerprint density at radius 1 is 1.19 bits per heavy atom. The minimum absolute atomic E-state index is 0.162. The van der Waals surface area contributed by atoms with Crippen LogP contribution in [0, 0.1) is 29.8 Å². The molecule has 0 unspecified atom stereocenters. The standard InChI is InChI=1S/C15H12FNO4/c1-9-3-4-14(11(5-9)8-18)21-15-6-10(2)13(17(19)20)7-12(15)16/h3-8H,1-2H3. The van der Waals surface area contributed by atoms with Crippen LogP contribution in [0.3, 0.4) is 0 Å². The maximum atomic E-state index is 13.9. The van der Waals surface area contributed by atoms with E-state index in [0.29, 0.717) is 6.29 Å². The Morgan fingerprint density at radius 2 is 1.90 bits per heavy atom. The van der Waals surface area contributed by atoms with Gasteiger partial charge in [-0.15, -0.1) is 0 Å². The number of hydrogen-bond donors (Lipinski definition) is 0. The molecule has 0 spiro atoms. The van der Waals surface area contributed by atoms with Crippen molar-refractivity contribution >= 4 is 12.0 Å². The number of carbonyl (C=O) groups excluding carboxylic acids is 1. The fraction of sp³-hybridized carbons (Fsp3) is 0.133. The van der Waals surface area contributed by atoms with Crippen LogP contribution in [0.2, 0.25) is 0 Å². The Kier molecular flexibility index (Phi) is 3.98. The number of hydrogen-bond acceptors (Lipinski definition) is 4. The summed E-state index contributed by atoms with van der Waals surface area (Å²) in [5, 5.41) is 10.7. The number of halogens is 1. The first-order valence-electron chi connectivity index (χ1n) is 6.10. The number of benzene rings is 2. The molecule has 2 aromatic rings. The summed E-state index contributed by atoms with van der Waals surface area (Å²) in [5.74, 6) is -0.822. The van der Waals surface area contributed by atoms with Gasteiger partial charge in [-0.05, 0) is 32.0 Å². The molecule has 0 aliphatic heterocycles. The molecule has 2 aromatic carbocycles. The highest BCUT2D eigenvalue weighted by Gasteiger charge is 2.17. The molecule has 0 aromatic heterocycles. The number of carbonyl (C=O) groups is 1. The number of aryl methyl sites for hydroxylation is 2. The van der Waals surface area contributed by atoms with Gasteiger partial charge in [0.15, 0.2) is 17.9 Å². The minimum Gasteiger partial charge on any atom is -0.454 e. The first-order valence-corrected chi connectivity index (χ1v) is 6.10. The first kappa shape index (κ1) is 14.6. The molecule has 5 nitrogen and oxygen atoms in total. The van der Waals surface area contributed by atoms with E-state index in [0.717, 1.165) is 11.6 Å². The Labute approximate surface area is 120 Å². The Hall–Kier alpha value is -2.76. The van der Waals surface area contributed by atoms with Gasteiger partial charge >= 0.3 is 0 Å². The Balaban J connectivity index is 2.43. The summed E-state index contributed by atoms with van der Waals surface area (Å²) < 4.78 is 19.2. The van der Waals surface area contributed by atoms with E-state index in [1.165, 1.54) is 13.0 Å². The topological polar surface area (TPSA) is 69.4 Å². The molecule has 0 saturated heterocycles. The second-order valence-corrected chi connectivity index (χ2v) is 4.59. The highest BCUT2D eigenvalue weighted by atomic mass is 19.1. The van der Waals surface area contributed by atoms with Crippen LogP contribution in [0.5, 0.6) is 11.5 Å². The number of nitrogens with zero attached hydrogens (tertiary/aromatic N) is 1. The molecular formula is C15H12FNO4. The van der Waals surface area contributed by atoms with Crippen molar-refractivity contribution in [3.05, 3.63) is 63.0 Å². The average molecular weight is 289 g/mol. The molecule has 0 atom stereocenters. The lowest BCUT2D eigenvalue weighted by molar-refractivity contribution is -0.385. The lowest BCUT2D eigenvalue weighted by atomic mass is 10.1. The van der Waals surface area contributed by atoms with E-state index in [-0.39, 0.29) is 28.3 Å².